The molecule has 2 aromatic rings. The van der Waals surface area contributed by atoms with Crippen LogP contribution < -0.4 is 28.4 Å². The SMILES string of the molecule is CC[C@@H](C)Cc1cc2c(c(OC)c1-c1ccc(OC)c(OC)c1OC)OCO2. The topological polar surface area (TPSA) is 55.4 Å². The minimum atomic E-state index is 0.182. The van der Waals surface area contributed by atoms with Gasteiger partial charge < -0.3 is 28.4 Å². The maximum Gasteiger partial charge on any atom is 0.231 e. The van der Waals surface area contributed by atoms with Gasteiger partial charge in [0.25, 0.3) is 0 Å². The zero-order chi connectivity index (χ0) is 20.3. The first kappa shape index (κ1) is 20.0. The molecular formula is C22H28O6. The van der Waals surface area contributed by atoms with Gasteiger partial charge in [-0.05, 0) is 36.1 Å². The summed E-state index contributed by atoms with van der Waals surface area (Å²) in [4.78, 5) is 0. The van der Waals surface area contributed by atoms with Gasteiger partial charge in [0.15, 0.2) is 23.0 Å². The van der Waals surface area contributed by atoms with Crippen molar-refractivity contribution in [3.8, 4) is 45.6 Å². The molecule has 2 aromatic carbocycles. The van der Waals surface area contributed by atoms with Crippen LogP contribution in [-0.2, 0) is 6.42 Å². The van der Waals surface area contributed by atoms with Crippen LogP contribution in [0.1, 0.15) is 25.8 Å². The maximum absolute atomic E-state index is 5.80. The van der Waals surface area contributed by atoms with Crippen molar-refractivity contribution >= 4 is 0 Å². The predicted octanol–water partition coefficient (Wildman–Crippen LogP) is 4.71. The van der Waals surface area contributed by atoms with Crippen molar-refractivity contribution in [2.75, 3.05) is 35.2 Å². The van der Waals surface area contributed by atoms with Crippen LogP contribution in [0.15, 0.2) is 18.2 Å². The summed E-state index contributed by atoms with van der Waals surface area (Å²) in [7, 11) is 6.46. The number of fused-ring (bicyclic) bond motifs is 1. The van der Waals surface area contributed by atoms with Gasteiger partial charge in [0, 0.05) is 11.1 Å². The summed E-state index contributed by atoms with van der Waals surface area (Å²) in [5.41, 5.74) is 2.89. The van der Waals surface area contributed by atoms with E-state index in [1.807, 2.05) is 18.2 Å². The summed E-state index contributed by atoms with van der Waals surface area (Å²) in [5.74, 6) is 4.18. The first-order chi connectivity index (χ1) is 13.6. The number of hydrogen-bond acceptors (Lipinski definition) is 6. The highest BCUT2D eigenvalue weighted by Crippen LogP contribution is 2.53. The van der Waals surface area contributed by atoms with Gasteiger partial charge in [-0.3, -0.25) is 0 Å². The molecule has 6 nitrogen and oxygen atoms in total. The van der Waals surface area contributed by atoms with E-state index >= 15 is 0 Å². The highest BCUT2D eigenvalue weighted by molar-refractivity contribution is 5.86. The maximum atomic E-state index is 5.80. The van der Waals surface area contributed by atoms with Crippen LogP contribution in [0, 0.1) is 5.92 Å². The summed E-state index contributed by atoms with van der Waals surface area (Å²) in [6.07, 6.45) is 1.94. The van der Waals surface area contributed by atoms with E-state index in [-0.39, 0.29) is 6.79 Å². The molecule has 0 aromatic heterocycles. The minimum Gasteiger partial charge on any atom is -0.493 e. The molecule has 0 bridgehead atoms. The van der Waals surface area contributed by atoms with Crippen molar-refractivity contribution in [1.82, 2.24) is 0 Å². The van der Waals surface area contributed by atoms with Crippen LogP contribution in [0.4, 0.5) is 0 Å². The molecular weight excluding hydrogens is 360 g/mol. The second-order valence-electron chi connectivity index (χ2n) is 6.78. The highest BCUT2D eigenvalue weighted by Gasteiger charge is 2.29. The lowest BCUT2D eigenvalue weighted by Gasteiger charge is -2.21. The van der Waals surface area contributed by atoms with Crippen molar-refractivity contribution in [3.05, 3.63) is 23.8 Å². The Hall–Kier alpha value is -2.76. The lowest BCUT2D eigenvalue weighted by Crippen LogP contribution is -2.04. The largest absolute Gasteiger partial charge is 0.493 e. The number of ether oxygens (including phenoxy) is 6. The first-order valence-corrected chi connectivity index (χ1v) is 9.38. The first-order valence-electron chi connectivity index (χ1n) is 9.38. The Balaban J connectivity index is 2.31. The Morgan fingerprint density at radius 1 is 0.929 bits per heavy atom. The van der Waals surface area contributed by atoms with Gasteiger partial charge in [-0.1, -0.05) is 20.3 Å². The fourth-order valence-electron chi connectivity index (χ4n) is 3.53. The summed E-state index contributed by atoms with van der Waals surface area (Å²) in [6, 6.07) is 5.87. The normalized spacial score (nSPS) is 13.2. The second-order valence-corrected chi connectivity index (χ2v) is 6.78. The van der Waals surface area contributed by atoms with Crippen molar-refractivity contribution in [3.63, 3.8) is 0 Å². The quantitative estimate of drug-likeness (QED) is 0.653. The third-order valence-electron chi connectivity index (χ3n) is 5.14. The monoisotopic (exact) mass is 388 g/mol. The van der Waals surface area contributed by atoms with E-state index in [1.54, 1.807) is 28.4 Å². The fourth-order valence-corrected chi connectivity index (χ4v) is 3.53. The summed E-state index contributed by atoms with van der Waals surface area (Å²) < 4.78 is 33.9. The molecule has 0 aliphatic carbocycles. The zero-order valence-electron chi connectivity index (χ0n) is 17.4. The second kappa shape index (κ2) is 8.50. The molecule has 0 unspecified atom stereocenters. The minimum absolute atomic E-state index is 0.182. The Bertz CT molecular complexity index is 846. The Kier molecular flexibility index (Phi) is 6.07. The molecule has 0 saturated carbocycles. The third kappa shape index (κ3) is 3.39. The van der Waals surface area contributed by atoms with Crippen LogP contribution in [0.3, 0.4) is 0 Å². The molecule has 0 spiro atoms. The number of methoxy groups -OCH3 is 4. The lowest BCUT2D eigenvalue weighted by atomic mass is 9.90. The Morgan fingerprint density at radius 2 is 1.64 bits per heavy atom. The smallest absolute Gasteiger partial charge is 0.231 e. The van der Waals surface area contributed by atoms with E-state index < -0.39 is 0 Å². The van der Waals surface area contributed by atoms with E-state index in [1.165, 1.54) is 0 Å². The van der Waals surface area contributed by atoms with Gasteiger partial charge in [-0.15, -0.1) is 0 Å². The van der Waals surface area contributed by atoms with Gasteiger partial charge in [0.05, 0.1) is 28.4 Å². The van der Waals surface area contributed by atoms with Crippen molar-refractivity contribution in [2.24, 2.45) is 5.92 Å². The average molecular weight is 388 g/mol. The van der Waals surface area contributed by atoms with Crippen molar-refractivity contribution < 1.29 is 28.4 Å². The summed E-state index contributed by atoms with van der Waals surface area (Å²) in [6.45, 7) is 4.60. The molecule has 1 aliphatic heterocycles. The molecule has 0 N–H and O–H groups in total. The molecule has 3 rings (SSSR count). The van der Waals surface area contributed by atoms with Gasteiger partial charge >= 0.3 is 0 Å². The van der Waals surface area contributed by atoms with Gasteiger partial charge in [-0.25, -0.2) is 0 Å². The van der Waals surface area contributed by atoms with Crippen LogP contribution >= 0.6 is 0 Å². The number of hydrogen-bond donors (Lipinski definition) is 0. The molecule has 1 aliphatic rings. The molecule has 0 amide bonds. The number of benzene rings is 2. The van der Waals surface area contributed by atoms with Crippen molar-refractivity contribution in [2.45, 2.75) is 26.7 Å². The predicted molar refractivity (Wildman–Crippen MR) is 107 cm³/mol. The van der Waals surface area contributed by atoms with Crippen LogP contribution in [0.2, 0.25) is 0 Å². The van der Waals surface area contributed by atoms with E-state index in [0.717, 1.165) is 29.5 Å². The molecule has 1 atom stereocenters. The van der Waals surface area contributed by atoms with Gasteiger partial charge in [0.2, 0.25) is 18.3 Å². The molecule has 6 heteroatoms. The molecule has 0 radical (unpaired) electrons. The molecule has 0 saturated heterocycles. The fraction of sp³-hybridized carbons (Fsp3) is 0.455. The average Bonchev–Trinajstić information content (AvgIpc) is 3.19. The summed E-state index contributed by atoms with van der Waals surface area (Å²) >= 11 is 0. The lowest BCUT2D eigenvalue weighted by molar-refractivity contribution is 0.171. The number of rotatable bonds is 8. The molecule has 152 valence electrons. The summed E-state index contributed by atoms with van der Waals surface area (Å²) in [5, 5.41) is 0. The van der Waals surface area contributed by atoms with Crippen LogP contribution in [-0.4, -0.2) is 35.2 Å². The highest BCUT2D eigenvalue weighted by atomic mass is 16.7. The molecule has 1 heterocycles. The van der Waals surface area contributed by atoms with E-state index in [0.29, 0.717) is 40.4 Å². The van der Waals surface area contributed by atoms with E-state index in [4.69, 9.17) is 28.4 Å². The Morgan fingerprint density at radius 3 is 2.25 bits per heavy atom. The van der Waals surface area contributed by atoms with E-state index in [9.17, 15) is 0 Å². The van der Waals surface area contributed by atoms with Crippen LogP contribution in [0.5, 0.6) is 34.5 Å². The third-order valence-corrected chi connectivity index (χ3v) is 5.14. The molecule has 28 heavy (non-hydrogen) atoms. The Labute approximate surface area is 166 Å². The molecule has 0 fully saturated rings. The standard InChI is InChI=1S/C22H28O6/c1-7-13(2)10-14-11-17-21(28-12-27-17)22(26-6)18(14)15-8-9-16(23-3)20(25-5)19(15)24-4/h8-9,11,13H,7,10,12H2,1-6H3/t13-/m1/s1. The van der Waals surface area contributed by atoms with Gasteiger partial charge in [-0.2, -0.15) is 0 Å². The van der Waals surface area contributed by atoms with Crippen LogP contribution in [0.25, 0.3) is 11.1 Å². The van der Waals surface area contributed by atoms with Crippen molar-refractivity contribution in [1.29, 1.82) is 0 Å². The van der Waals surface area contributed by atoms with Gasteiger partial charge in [0.1, 0.15) is 0 Å². The van der Waals surface area contributed by atoms with E-state index in [2.05, 4.69) is 13.8 Å². The zero-order valence-corrected chi connectivity index (χ0v) is 17.4.